The molecule has 2 aromatic carbocycles. The maximum atomic E-state index is 5.77. The first-order valence-electron chi connectivity index (χ1n) is 6.78. The van der Waals surface area contributed by atoms with E-state index in [-0.39, 0.29) is 0 Å². The van der Waals surface area contributed by atoms with Crippen molar-refractivity contribution in [3.8, 4) is 11.3 Å². The SMILES string of the molecule is Cn1ccc2ccc(-c3cnc4cc(N)ccc4n3)cc21. The van der Waals surface area contributed by atoms with Crippen molar-refractivity contribution in [2.75, 3.05) is 5.73 Å². The maximum Gasteiger partial charge on any atom is 0.0907 e. The first-order valence-corrected chi connectivity index (χ1v) is 6.78. The maximum absolute atomic E-state index is 5.77. The molecule has 2 N–H and O–H groups in total. The summed E-state index contributed by atoms with van der Waals surface area (Å²) in [6, 6.07) is 14.0. The molecule has 0 radical (unpaired) electrons. The monoisotopic (exact) mass is 274 g/mol. The molecule has 2 aromatic heterocycles. The van der Waals surface area contributed by atoms with Crippen LogP contribution in [0.15, 0.2) is 54.9 Å². The molecule has 0 bridgehead atoms. The van der Waals surface area contributed by atoms with Gasteiger partial charge in [-0.3, -0.25) is 4.98 Å². The fourth-order valence-electron chi connectivity index (χ4n) is 2.59. The quantitative estimate of drug-likeness (QED) is 0.541. The van der Waals surface area contributed by atoms with Crippen molar-refractivity contribution in [2.24, 2.45) is 7.05 Å². The molecule has 4 rings (SSSR count). The molecule has 102 valence electrons. The molecule has 0 aliphatic heterocycles. The Morgan fingerprint density at radius 2 is 1.90 bits per heavy atom. The molecular formula is C17H14N4. The summed E-state index contributed by atoms with van der Waals surface area (Å²) >= 11 is 0. The number of aryl methyl sites for hydroxylation is 1. The summed E-state index contributed by atoms with van der Waals surface area (Å²) in [5, 5.41) is 1.22. The molecule has 4 heteroatoms. The van der Waals surface area contributed by atoms with Crippen molar-refractivity contribution in [2.45, 2.75) is 0 Å². The topological polar surface area (TPSA) is 56.7 Å². The van der Waals surface area contributed by atoms with Crippen LogP contribution in [-0.4, -0.2) is 14.5 Å². The second-order valence-corrected chi connectivity index (χ2v) is 5.20. The van der Waals surface area contributed by atoms with Crippen molar-refractivity contribution < 1.29 is 0 Å². The summed E-state index contributed by atoms with van der Waals surface area (Å²) < 4.78 is 2.11. The number of anilines is 1. The molecule has 0 amide bonds. The van der Waals surface area contributed by atoms with Crippen LogP contribution in [0.25, 0.3) is 33.2 Å². The standard InChI is InChI=1S/C17H14N4/c1-21-7-6-11-2-3-12(8-17(11)21)16-10-19-15-9-13(18)4-5-14(15)20-16/h2-10H,18H2,1H3. The van der Waals surface area contributed by atoms with Gasteiger partial charge in [-0.1, -0.05) is 12.1 Å². The van der Waals surface area contributed by atoms with Crippen molar-refractivity contribution >= 4 is 27.6 Å². The van der Waals surface area contributed by atoms with Crippen LogP contribution in [-0.2, 0) is 7.05 Å². The molecule has 0 saturated carbocycles. The molecule has 0 aliphatic rings. The Morgan fingerprint density at radius 3 is 2.81 bits per heavy atom. The van der Waals surface area contributed by atoms with E-state index < -0.39 is 0 Å². The summed E-state index contributed by atoms with van der Waals surface area (Å²) in [5.41, 5.74) is 11.3. The predicted molar refractivity (Wildman–Crippen MR) is 85.9 cm³/mol. The molecule has 0 aliphatic carbocycles. The average molecular weight is 274 g/mol. The number of rotatable bonds is 1. The van der Waals surface area contributed by atoms with Gasteiger partial charge in [0, 0.05) is 30.0 Å². The van der Waals surface area contributed by atoms with Crippen molar-refractivity contribution in [3.63, 3.8) is 0 Å². The second kappa shape index (κ2) is 4.31. The van der Waals surface area contributed by atoms with E-state index in [1.807, 2.05) is 25.2 Å². The molecule has 0 atom stereocenters. The van der Waals surface area contributed by atoms with Crippen LogP contribution in [0.3, 0.4) is 0 Å². The van der Waals surface area contributed by atoms with E-state index in [1.165, 1.54) is 10.9 Å². The first-order chi connectivity index (χ1) is 10.2. The zero-order chi connectivity index (χ0) is 14.4. The lowest BCUT2D eigenvalue weighted by atomic mass is 10.1. The molecular weight excluding hydrogens is 260 g/mol. The van der Waals surface area contributed by atoms with Gasteiger partial charge in [0.1, 0.15) is 0 Å². The first kappa shape index (κ1) is 11.9. The van der Waals surface area contributed by atoms with Gasteiger partial charge in [-0.2, -0.15) is 0 Å². The zero-order valence-electron chi connectivity index (χ0n) is 11.6. The lowest BCUT2D eigenvalue weighted by Gasteiger charge is -2.05. The van der Waals surface area contributed by atoms with Gasteiger partial charge < -0.3 is 10.3 Å². The highest BCUT2D eigenvalue weighted by Crippen LogP contribution is 2.24. The van der Waals surface area contributed by atoms with E-state index in [0.29, 0.717) is 5.69 Å². The predicted octanol–water partition coefficient (Wildman–Crippen LogP) is 3.37. The van der Waals surface area contributed by atoms with Gasteiger partial charge in [0.15, 0.2) is 0 Å². The van der Waals surface area contributed by atoms with Crippen LogP contribution in [0, 0.1) is 0 Å². The lowest BCUT2D eigenvalue weighted by Crippen LogP contribution is -1.91. The fourth-order valence-corrected chi connectivity index (χ4v) is 2.59. The summed E-state index contributed by atoms with van der Waals surface area (Å²) in [7, 11) is 2.04. The number of benzene rings is 2. The average Bonchev–Trinajstić information content (AvgIpc) is 2.88. The van der Waals surface area contributed by atoms with Gasteiger partial charge >= 0.3 is 0 Å². The van der Waals surface area contributed by atoms with E-state index in [4.69, 9.17) is 5.73 Å². The fraction of sp³-hybridized carbons (Fsp3) is 0.0588. The smallest absolute Gasteiger partial charge is 0.0907 e. The van der Waals surface area contributed by atoms with Crippen LogP contribution in [0.4, 0.5) is 5.69 Å². The molecule has 21 heavy (non-hydrogen) atoms. The number of hydrogen-bond acceptors (Lipinski definition) is 3. The number of fused-ring (bicyclic) bond motifs is 2. The zero-order valence-corrected chi connectivity index (χ0v) is 11.6. The van der Waals surface area contributed by atoms with Gasteiger partial charge in [-0.15, -0.1) is 0 Å². The third kappa shape index (κ3) is 1.92. The highest BCUT2D eigenvalue weighted by Gasteiger charge is 2.05. The van der Waals surface area contributed by atoms with E-state index in [9.17, 15) is 0 Å². The Balaban J connectivity index is 1.90. The third-order valence-electron chi connectivity index (χ3n) is 3.75. The Morgan fingerprint density at radius 1 is 1.00 bits per heavy atom. The summed E-state index contributed by atoms with van der Waals surface area (Å²) in [6.07, 6.45) is 3.86. The number of nitrogens with two attached hydrogens (primary N) is 1. The molecule has 0 spiro atoms. The second-order valence-electron chi connectivity index (χ2n) is 5.20. The number of nitrogens with zero attached hydrogens (tertiary/aromatic N) is 3. The van der Waals surface area contributed by atoms with Crippen LogP contribution in [0.1, 0.15) is 0 Å². The molecule has 4 aromatic rings. The number of nitrogen functional groups attached to an aromatic ring is 1. The summed E-state index contributed by atoms with van der Waals surface area (Å²) in [5.74, 6) is 0. The Hall–Kier alpha value is -2.88. The van der Waals surface area contributed by atoms with Crippen LogP contribution in [0.5, 0.6) is 0 Å². The van der Waals surface area contributed by atoms with Crippen LogP contribution < -0.4 is 5.73 Å². The van der Waals surface area contributed by atoms with Crippen molar-refractivity contribution in [1.82, 2.24) is 14.5 Å². The lowest BCUT2D eigenvalue weighted by molar-refractivity contribution is 0.969. The van der Waals surface area contributed by atoms with Crippen molar-refractivity contribution in [3.05, 3.63) is 54.9 Å². The highest BCUT2D eigenvalue weighted by atomic mass is 14.9. The minimum Gasteiger partial charge on any atom is -0.399 e. The Bertz CT molecular complexity index is 969. The molecule has 0 saturated heterocycles. The van der Waals surface area contributed by atoms with Gasteiger partial charge in [0.25, 0.3) is 0 Å². The third-order valence-corrected chi connectivity index (χ3v) is 3.75. The van der Waals surface area contributed by atoms with E-state index >= 15 is 0 Å². The molecule has 0 fully saturated rings. The molecule has 4 nitrogen and oxygen atoms in total. The molecule has 0 unspecified atom stereocenters. The number of hydrogen-bond donors (Lipinski definition) is 1. The van der Waals surface area contributed by atoms with Crippen molar-refractivity contribution in [1.29, 1.82) is 0 Å². The Labute approximate surface area is 121 Å². The largest absolute Gasteiger partial charge is 0.399 e. The van der Waals surface area contributed by atoms with Gasteiger partial charge in [0.2, 0.25) is 0 Å². The van der Waals surface area contributed by atoms with Gasteiger partial charge in [-0.25, -0.2) is 4.98 Å². The normalized spacial score (nSPS) is 11.3. The molecule has 2 heterocycles. The summed E-state index contributed by atoms with van der Waals surface area (Å²) in [4.78, 5) is 9.14. The van der Waals surface area contributed by atoms with E-state index in [2.05, 4.69) is 45.0 Å². The summed E-state index contributed by atoms with van der Waals surface area (Å²) in [6.45, 7) is 0. The van der Waals surface area contributed by atoms with Crippen LogP contribution in [0.2, 0.25) is 0 Å². The minimum absolute atomic E-state index is 0.703. The highest BCUT2D eigenvalue weighted by molar-refractivity contribution is 5.86. The van der Waals surface area contributed by atoms with Gasteiger partial charge in [-0.05, 0) is 35.7 Å². The Kier molecular flexibility index (Phi) is 2.44. The minimum atomic E-state index is 0.703. The van der Waals surface area contributed by atoms with Crippen LogP contribution >= 0.6 is 0 Å². The van der Waals surface area contributed by atoms with E-state index in [1.54, 1.807) is 6.20 Å². The van der Waals surface area contributed by atoms with E-state index in [0.717, 1.165) is 22.3 Å². The van der Waals surface area contributed by atoms with Gasteiger partial charge in [0.05, 0.1) is 22.9 Å². The number of aromatic nitrogens is 3.